The van der Waals surface area contributed by atoms with Gasteiger partial charge in [0, 0.05) is 68.0 Å². The number of hydrogen-bond acceptors (Lipinski definition) is 6. The second-order valence-corrected chi connectivity index (χ2v) is 8.07. The van der Waals surface area contributed by atoms with E-state index in [4.69, 9.17) is 0 Å². The fraction of sp³-hybridized carbons (Fsp3) is 0.333. The van der Waals surface area contributed by atoms with Gasteiger partial charge in [0.2, 0.25) is 5.91 Å². The van der Waals surface area contributed by atoms with Crippen molar-refractivity contribution in [3.63, 3.8) is 0 Å². The first-order valence-electron chi connectivity index (χ1n) is 9.91. The Kier molecular flexibility index (Phi) is 5.91. The Morgan fingerprint density at radius 3 is 2.73 bits per heavy atom. The molecule has 9 heteroatoms. The first-order chi connectivity index (χ1) is 14.5. The zero-order valence-corrected chi connectivity index (χ0v) is 17.5. The molecule has 0 saturated carbocycles. The van der Waals surface area contributed by atoms with Gasteiger partial charge >= 0.3 is 0 Å². The summed E-state index contributed by atoms with van der Waals surface area (Å²) in [4.78, 5) is 45.9. The summed E-state index contributed by atoms with van der Waals surface area (Å²) in [6, 6.07) is 8.62. The van der Waals surface area contributed by atoms with Crippen LogP contribution in [0, 0.1) is 0 Å². The Labute approximate surface area is 177 Å². The van der Waals surface area contributed by atoms with Crippen LogP contribution in [-0.4, -0.2) is 57.2 Å². The van der Waals surface area contributed by atoms with Gasteiger partial charge in [-0.3, -0.25) is 23.7 Å². The molecule has 1 fully saturated rings. The predicted molar refractivity (Wildman–Crippen MR) is 116 cm³/mol. The molecule has 0 bridgehead atoms. The van der Waals surface area contributed by atoms with Crippen molar-refractivity contribution in [3.05, 3.63) is 63.5 Å². The second kappa shape index (κ2) is 8.76. The summed E-state index contributed by atoms with van der Waals surface area (Å²) in [5.74, 6) is -0.124. The van der Waals surface area contributed by atoms with E-state index in [0.717, 1.165) is 5.69 Å². The van der Waals surface area contributed by atoms with Crippen molar-refractivity contribution in [2.75, 3.05) is 31.5 Å². The summed E-state index contributed by atoms with van der Waals surface area (Å²) in [7, 11) is 0. The summed E-state index contributed by atoms with van der Waals surface area (Å²) in [5, 5.41) is 4.64. The molecule has 156 valence electrons. The summed E-state index contributed by atoms with van der Waals surface area (Å²) >= 11 is 1.44. The van der Waals surface area contributed by atoms with E-state index < -0.39 is 0 Å². The average Bonchev–Trinajstić information content (AvgIpc) is 3.23. The maximum absolute atomic E-state index is 12.9. The zero-order valence-electron chi connectivity index (χ0n) is 16.7. The number of fused-ring (bicyclic) bond motifs is 1. The average molecular weight is 426 g/mol. The van der Waals surface area contributed by atoms with E-state index >= 15 is 0 Å². The number of anilines is 1. The topological polar surface area (TPSA) is 87.0 Å². The summed E-state index contributed by atoms with van der Waals surface area (Å²) in [6.45, 7) is 5.00. The zero-order chi connectivity index (χ0) is 21.1. The number of carbonyl (C=O) groups is 2. The number of amides is 2. The van der Waals surface area contributed by atoms with Crippen molar-refractivity contribution in [2.24, 2.45) is 0 Å². The van der Waals surface area contributed by atoms with Gasteiger partial charge in [-0.2, -0.15) is 0 Å². The number of piperazine rings is 1. The maximum atomic E-state index is 12.9. The van der Waals surface area contributed by atoms with Crippen LogP contribution < -0.4 is 10.9 Å². The first kappa shape index (κ1) is 20.2. The van der Waals surface area contributed by atoms with Gasteiger partial charge in [-0.15, -0.1) is 11.3 Å². The molecule has 2 amide bonds. The summed E-state index contributed by atoms with van der Waals surface area (Å²) in [6.07, 6.45) is 2.12. The summed E-state index contributed by atoms with van der Waals surface area (Å²) in [5.41, 5.74) is 1.88. The highest BCUT2D eigenvalue weighted by atomic mass is 32.1. The van der Waals surface area contributed by atoms with Crippen LogP contribution in [0.3, 0.4) is 0 Å². The maximum Gasteiger partial charge on any atom is 0.258 e. The molecule has 0 radical (unpaired) electrons. The third-order valence-electron chi connectivity index (χ3n) is 5.12. The van der Waals surface area contributed by atoms with E-state index in [0.29, 0.717) is 55.4 Å². The summed E-state index contributed by atoms with van der Waals surface area (Å²) < 4.78 is 1.54. The van der Waals surface area contributed by atoms with Gasteiger partial charge in [0.05, 0.1) is 5.69 Å². The van der Waals surface area contributed by atoms with Gasteiger partial charge in [-0.1, -0.05) is 13.0 Å². The van der Waals surface area contributed by atoms with Crippen molar-refractivity contribution in [1.29, 1.82) is 0 Å². The number of rotatable bonds is 5. The highest BCUT2D eigenvalue weighted by Crippen LogP contribution is 2.15. The molecule has 30 heavy (non-hydrogen) atoms. The fourth-order valence-corrected chi connectivity index (χ4v) is 4.21. The molecule has 3 heterocycles. The molecule has 1 saturated heterocycles. The van der Waals surface area contributed by atoms with Gasteiger partial charge in [0.15, 0.2) is 4.96 Å². The van der Waals surface area contributed by atoms with Crippen LogP contribution in [0.25, 0.3) is 4.96 Å². The number of carbonyl (C=O) groups excluding carboxylic acids is 2. The highest BCUT2D eigenvalue weighted by Gasteiger charge is 2.23. The molecular formula is C21H23N5O3S. The molecule has 1 aliphatic heterocycles. The van der Waals surface area contributed by atoms with Crippen LogP contribution in [0.1, 0.15) is 29.4 Å². The van der Waals surface area contributed by atoms with Crippen LogP contribution in [0.2, 0.25) is 0 Å². The van der Waals surface area contributed by atoms with Crippen molar-refractivity contribution in [3.8, 4) is 0 Å². The number of thiazole rings is 1. The van der Waals surface area contributed by atoms with E-state index in [-0.39, 0.29) is 17.4 Å². The molecule has 0 unspecified atom stereocenters. The van der Waals surface area contributed by atoms with E-state index in [1.54, 1.807) is 47.9 Å². The van der Waals surface area contributed by atoms with Crippen molar-refractivity contribution in [1.82, 2.24) is 19.2 Å². The third-order valence-corrected chi connectivity index (χ3v) is 5.87. The number of nitrogens with zero attached hydrogens (tertiary/aromatic N) is 4. The molecule has 1 N–H and O–H groups in total. The molecule has 2 aromatic heterocycles. The van der Waals surface area contributed by atoms with Gasteiger partial charge in [0.1, 0.15) is 0 Å². The minimum atomic E-state index is -0.0813. The molecule has 8 nitrogen and oxygen atoms in total. The molecule has 1 aromatic carbocycles. The largest absolute Gasteiger partial charge is 0.336 e. The number of aromatic nitrogens is 2. The lowest BCUT2D eigenvalue weighted by Gasteiger charge is -2.34. The number of benzene rings is 1. The van der Waals surface area contributed by atoms with Crippen LogP contribution in [0.15, 0.2) is 46.7 Å². The molecule has 0 spiro atoms. The quantitative estimate of drug-likeness (QED) is 0.676. The van der Waals surface area contributed by atoms with E-state index in [2.05, 4.69) is 15.2 Å². The Bertz CT molecular complexity index is 1130. The number of nitrogens with one attached hydrogen (secondary N) is 1. The Morgan fingerprint density at radius 1 is 1.17 bits per heavy atom. The lowest BCUT2D eigenvalue weighted by molar-refractivity contribution is -0.115. The lowest BCUT2D eigenvalue weighted by Crippen LogP contribution is -2.48. The van der Waals surface area contributed by atoms with Crippen LogP contribution in [0.5, 0.6) is 0 Å². The Balaban J connectivity index is 1.37. The van der Waals surface area contributed by atoms with Crippen molar-refractivity contribution < 1.29 is 9.59 Å². The molecule has 3 aromatic rings. The minimum absolute atomic E-state index is 0.0429. The first-order valence-corrected chi connectivity index (χ1v) is 10.8. The van der Waals surface area contributed by atoms with Gasteiger partial charge < -0.3 is 10.2 Å². The van der Waals surface area contributed by atoms with Crippen LogP contribution >= 0.6 is 11.3 Å². The normalized spacial score (nSPS) is 14.8. The van der Waals surface area contributed by atoms with Crippen molar-refractivity contribution >= 4 is 33.8 Å². The van der Waals surface area contributed by atoms with Gasteiger partial charge in [-0.05, 0) is 18.2 Å². The van der Waals surface area contributed by atoms with E-state index in [9.17, 15) is 14.4 Å². The lowest BCUT2D eigenvalue weighted by atomic mass is 10.1. The van der Waals surface area contributed by atoms with Gasteiger partial charge in [-0.25, -0.2) is 4.98 Å². The van der Waals surface area contributed by atoms with E-state index in [1.165, 1.54) is 11.3 Å². The van der Waals surface area contributed by atoms with Crippen LogP contribution in [-0.2, 0) is 11.3 Å². The second-order valence-electron chi connectivity index (χ2n) is 7.19. The third kappa shape index (κ3) is 4.42. The fourth-order valence-electron chi connectivity index (χ4n) is 3.47. The number of hydrogen-bond donors (Lipinski definition) is 1. The monoisotopic (exact) mass is 425 g/mol. The van der Waals surface area contributed by atoms with Crippen LogP contribution in [0.4, 0.5) is 5.69 Å². The molecule has 4 rings (SSSR count). The Morgan fingerprint density at radius 2 is 1.97 bits per heavy atom. The van der Waals surface area contributed by atoms with Gasteiger partial charge in [0.25, 0.3) is 11.5 Å². The SMILES string of the molecule is CCC(=O)Nc1cccc(C(=O)N2CCN(Cc3cc(=O)n4ccsc4n3)CC2)c1. The molecule has 0 aliphatic carbocycles. The molecular weight excluding hydrogens is 402 g/mol. The van der Waals surface area contributed by atoms with E-state index in [1.807, 2.05) is 10.3 Å². The standard InChI is InChI=1S/C21H23N5O3S/c1-2-18(27)22-16-5-3-4-15(12-16)20(29)25-8-6-24(7-9-25)14-17-13-19(28)26-10-11-30-21(26)23-17/h3-5,10-13H,2,6-9,14H2,1H3,(H,22,27). The minimum Gasteiger partial charge on any atom is -0.336 e. The molecule has 0 atom stereocenters. The predicted octanol–water partition coefficient (Wildman–Crippen LogP) is 2.06. The van der Waals surface area contributed by atoms with Crippen molar-refractivity contribution in [2.45, 2.75) is 19.9 Å². The molecule has 1 aliphatic rings. The smallest absolute Gasteiger partial charge is 0.258 e. The Hall–Kier alpha value is -3.04. The highest BCUT2D eigenvalue weighted by molar-refractivity contribution is 7.15.